The van der Waals surface area contributed by atoms with E-state index >= 15 is 0 Å². The summed E-state index contributed by atoms with van der Waals surface area (Å²) in [5.41, 5.74) is -1.53. The lowest BCUT2D eigenvalue weighted by Gasteiger charge is -2.24. The van der Waals surface area contributed by atoms with Gasteiger partial charge in [0, 0.05) is 26.2 Å². The molecule has 1 aromatic rings. The number of sulfonamides is 1. The molecule has 7 heteroatoms. The van der Waals surface area contributed by atoms with Gasteiger partial charge in [0.05, 0.1) is 0 Å². The number of alkyl halides is 1. The van der Waals surface area contributed by atoms with Crippen LogP contribution < -0.4 is 5.32 Å². The maximum Gasteiger partial charge on any atom is 0.252 e. The van der Waals surface area contributed by atoms with Crippen molar-refractivity contribution in [3.63, 3.8) is 0 Å². The van der Waals surface area contributed by atoms with E-state index in [4.69, 9.17) is 0 Å². The molecule has 96 valence electrons. The Morgan fingerprint density at radius 3 is 3.00 bits per heavy atom. The summed E-state index contributed by atoms with van der Waals surface area (Å²) in [5, 5.41) is 4.61. The maximum atomic E-state index is 14.0. The number of hydrogen-bond acceptors (Lipinski definition) is 4. The smallest absolute Gasteiger partial charge is 0.252 e. The minimum atomic E-state index is -3.54. The highest BCUT2D eigenvalue weighted by Gasteiger charge is 2.35. The molecule has 0 aromatic carbocycles. The Hall–Kier alpha value is -0.500. The first kappa shape index (κ1) is 12.9. The molecule has 1 unspecified atom stereocenters. The average molecular weight is 278 g/mol. The predicted molar refractivity (Wildman–Crippen MR) is 65.5 cm³/mol. The summed E-state index contributed by atoms with van der Waals surface area (Å²) < 4.78 is 39.9. The molecule has 2 rings (SSSR count). The van der Waals surface area contributed by atoms with Crippen molar-refractivity contribution >= 4 is 21.4 Å². The van der Waals surface area contributed by atoms with Crippen molar-refractivity contribution in [3.8, 4) is 0 Å². The van der Waals surface area contributed by atoms with E-state index < -0.39 is 15.7 Å². The van der Waals surface area contributed by atoms with Gasteiger partial charge in [-0.3, -0.25) is 0 Å². The molecule has 1 aliphatic rings. The molecule has 17 heavy (non-hydrogen) atoms. The molecular weight excluding hydrogens is 263 g/mol. The average Bonchev–Trinajstić information content (AvgIpc) is 2.70. The summed E-state index contributed by atoms with van der Waals surface area (Å²) in [6.45, 7) is 2.29. The van der Waals surface area contributed by atoms with Crippen LogP contribution in [0.2, 0.25) is 0 Å². The molecule has 1 aliphatic heterocycles. The number of nitrogens with one attached hydrogen (secondary N) is 1. The van der Waals surface area contributed by atoms with Crippen LogP contribution in [0.4, 0.5) is 4.39 Å². The molecular formula is C10H15FN2O2S2. The van der Waals surface area contributed by atoms with Gasteiger partial charge in [-0.15, -0.1) is 11.3 Å². The van der Waals surface area contributed by atoms with Crippen LogP contribution in [-0.2, 0) is 10.0 Å². The Morgan fingerprint density at radius 2 is 2.35 bits per heavy atom. The molecule has 1 fully saturated rings. The highest BCUT2D eigenvalue weighted by atomic mass is 32.2. The van der Waals surface area contributed by atoms with Gasteiger partial charge >= 0.3 is 0 Å². The third-order valence-electron chi connectivity index (χ3n) is 2.63. The summed E-state index contributed by atoms with van der Waals surface area (Å²) in [6.07, 6.45) is 0. The van der Waals surface area contributed by atoms with Crippen molar-refractivity contribution in [3.05, 3.63) is 17.5 Å². The first-order valence-electron chi connectivity index (χ1n) is 5.35. The summed E-state index contributed by atoms with van der Waals surface area (Å²) in [7, 11) is -3.54. The van der Waals surface area contributed by atoms with Crippen LogP contribution in [0.5, 0.6) is 0 Å². The quantitative estimate of drug-likeness (QED) is 0.880. The standard InChI is InChI=1S/C10H15FN2O2S2/c1-10(11)7-12-4-5-13(8-10)17(14,15)9-3-2-6-16-9/h2-3,6,12H,4-5,7-8H2,1H3. The van der Waals surface area contributed by atoms with E-state index in [1.165, 1.54) is 11.2 Å². The van der Waals surface area contributed by atoms with Crippen molar-refractivity contribution in [2.24, 2.45) is 0 Å². The van der Waals surface area contributed by atoms with Crippen LogP contribution in [0.3, 0.4) is 0 Å². The zero-order valence-corrected chi connectivity index (χ0v) is 11.2. The zero-order chi connectivity index (χ0) is 12.5. The summed E-state index contributed by atoms with van der Waals surface area (Å²) >= 11 is 1.16. The minimum absolute atomic E-state index is 0.0970. The lowest BCUT2D eigenvalue weighted by atomic mass is 10.1. The molecule has 1 saturated heterocycles. The number of hydrogen-bond donors (Lipinski definition) is 1. The second kappa shape index (κ2) is 4.64. The number of thiophene rings is 1. The molecule has 4 nitrogen and oxygen atoms in total. The maximum absolute atomic E-state index is 14.0. The number of halogens is 1. The second-order valence-corrected chi connectivity index (χ2v) is 7.47. The van der Waals surface area contributed by atoms with Gasteiger partial charge in [-0.1, -0.05) is 6.07 Å². The van der Waals surface area contributed by atoms with E-state index in [-0.39, 0.29) is 17.3 Å². The van der Waals surface area contributed by atoms with Gasteiger partial charge in [0.15, 0.2) is 0 Å². The fraction of sp³-hybridized carbons (Fsp3) is 0.600. The zero-order valence-electron chi connectivity index (χ0n) is 9.52. The van der Waals surface area contributed by atoms with Gasteiger partial charge in [-0.05, 0) is 18.4 Å². The van der Waals surface area contributed by atoms with Crippen molar-refractivity contribution in [1.29, 1.82) is 0 Å². The van der Waals surface area contributed by atoms with Gasteiger partial charge < -0.3 is 5.32 Å². The van der Waals surface area contributed by atoms with Crippen LogP contribution in [0.25, 0.3) is 0 Å². The molecule has 2 heterocycles. The first-order valence-corrected chi connectivity index (χ1v) is 7.67. The lowest BCUT2D eigenvalue weighted by Crippen LogP contribution is -2.42. The predicted octanol–water partition coefficient (Wildman–Crippen LogP) is 1.07. The Labute approximate surface area is 104 Å². The molecule has 1 aromatic heterocycles. The van der Waals surface area contributed by atoms with E-state index in [0.717, 1.165) is 11.3 Å². The second-order valence-electron chi connectivity index (χ2n) is 4.36. The van der Waals surface area contributed by atoms with Gasteiger partial charge in [-0.25, -0.2) is 12.8 Å². The SMILES string of the molecule is CC1(F)CNCCN(S(=O)(=O)c2cccs2)C1. The molecule has 0 radical (unpaired) electrons. The van der Waals surface area contributed by atoms with Crippen molar-refractivity contribution in [2.45, 2.75) is 16.8 Å². The Kier molecular flexibility index (Phi) is 3.53. The molecule has 1 atom stereocenters. The van der Waals surface area contributed by atoms with Gasteiger partial charge in [0.25, 0.3) is 10.0 Å². The summed E-state index contributed by atoms with van der Waals surface area (Å²) in [5.74, 6) is 0. The fourth-order valence-electron chi connectivity index (χ4n) is 1.80. The summed E-state index contributed by atoms with van der Waals surface area (Å²) in [6, 6.07) is 3.23. The topological polar surface area (TPSA) is 49.4 Å². The highest BCUT2D eigenvalue weighted by Crippen LogP contribution is 2.24. The van der Waals surface area contributed by atoms with Crippen molar-refractivity contribution < 1.29 is 12.8 Å². The normalized spacial score (nSPS) is 27.9. The third kappa shape index (κ3) is 2.85. The minimum Gasteiger partial charge on any atom is -0.312 e. The van der Waals surface area contributed by atoms with Gasteiger partial charge in [-0.2, -0.15) is 4.31 Å². The highest BCUT2D eigenvalue weighted by molar-refractivity contribution is 7.91. The van der Waals surface area contributed by atoms with Crippen LogP contribution >= 0.6 is 11.3 Å². The van der Waals surface area contributed by atoms with Crippen LogP contribution in [-0.4, -0.2) is 44.6 Å². The Morgan fingerprint density at radius 1 is 1.59 bits per heavy atom. The molecule has 0 saturated carbocycles. The molecule has 0 bridgehead atoms. The van der Waals surface area contributed by atoms with E-state index in [9.17, 15) is 12.8 Å². The number of rotatable bonds is 2. The van der Waals surface area contributed by atoms with E-state index in [0.29, 0.717) is 13.1 Å². The molecule has 0 aliphatic carbocycles. The molecule has 0 amide bonds. The first-order chi connectivity index (χ1) is 7.92. The fourth-order valence-corrected chi connectivity index (χ4v) is 4.49. The van der Waals surface area contributed by atoms with E-state index in [1.807, 2.05) is 0 Å². The summed E-state index contributed by atoms with van der Waals surface area (Å²) in [4.78, 5) is 0. The van der Waals surface area contributed by atoms with Crippen LogP contribution in [0, 0.1) is 0 Å². The number of nitrogens with zero attached hydrogens (tertiary/aromatic N) is 1. The van der Waals surface area contributed by atoms with E-state index in [1.54, 1.807) is 17.5 Å². The monoisotopic (exact) mass is 278 g/mol. The third-order valence-corrected chi connectivity index (χ3v) is 5.85. The van der Waals surface area contributed by atoms with Crippen LogP contribution in [0.1, 0.15) is 6.92 Å². The van der Waals surface area contributed by atoms with E-state index in [2.05, 4.69) is 5.32 Å². The van der Waals surface area contributed by atoms with Gasteiger partial charge in [0.1, 0.15) is 9.88 Å². The van der Waals surface area contributed by atoms with Crippen molar-refractivity contribution in [1.82, 2.24) is 9.62 Å². The molecule has 0 spiro atoms. The lowest BCUT2D eigenvalue weighted by molar-refractivity contribution is 0.166. The Balaban J connectivity index is 2.27. The van der Waals surface area contributed by atoms with Gasteiger partial charge in [0.2, 0.25) is 0 Å². The molecule has 1 N–H and O–H groups in total. The largest absolute Gasteiger partial charge is 0.312 e. The van der Waals surface area contributed by atoms with Crippen molar-refractivity contribution in [2.75, 3.05) is 26.2 Å². The van der Waals surface area contributed by atoms with Crippen LogP contribution in [0.15, 0.2) is 21.7 Å². The Bertz CT molecular complexity index is 471.